The Morgan fingerprint density at radius 3 is 2.68 bits per heavy atom. The minimum Gasteiger partial charge on any atom is -0.349 e. The summed E-state index contributed by atoms with van der Waals surface area (Å²) in [6.45, 7) is 3.14. The van der Waals surface area contributed by atoms with E-state index in [0.717, 1.165) is 37.6 Å². The molecule has 1 N–H and O–H groups in total. The molecule has 25 heavy (non-hydrogen) atoms. The Labute approximate surface area is 150 Å². The Bertz CT molecular complexity index is 792. The van der Waals surface area contributed by atoms with Crippen LogP contribution < -0.4 is 15.8 Å². The molecule has 3 rings (SSSR count). The number of anilines is 1. The number of fused-ring (bicyclic) bond motifs is 1. The average molecular weight is 364 g/mol. The number of hydrogen-bond acceptors (Lipinski definition) is 7. The van der Waals surface area contributed by atoms with Crippen LogP contribution in [0, 0.1) is 0 Å². The van der Waals surface area contributed by atoms with Crippen molar-refractivity contribution in [2.24, 2.45) is 0 Å². The van der Waals surface area contributed by atoms with Crippen LogP contribution in [0.1, 0.15) is 36.2 Å². The average Bonchev–Trinajstić information content (AvgIpc) is 2.79. The molecule has 2 aromatic heterocycles. The third-order valence-corrected chi connectivity index (χ3v) is 5.17. The normalized spacial score (nSPS) is 15.6. The number of likely N-dealkylation sites (N-methyl/N-ethyl adjacent to an activating group) is 1. The molecule has 9 heteroatoms. The van der Waals surface area contributed by atoms with Gasteiger partial charge in [-0.05, 0) is 26.9 Å². The maximum atomic E-state index is 12.5. The smallest absolute Gasteiger partial charge is 0.274 e. The number of rotatable bonds is 5. The van der Waals surface area contributed by atoms with Gasteiger partial charge in [0.1, 0.15) is 5.69 Å². The van der Waals surface area contributed by atoms with E-state index >= 15 is 0 Å². The van der Waals surface area contributed by atoms with Crippen LogP contribution in [0.3, 0.4) is 0 Å². The summed E-state index contributed by atoms with van der Waals surface area (Å²) in [4.78, 5) is 33.0. The molecule has 1 aliphatic heterocycles. The highest BCUT2D eigenvalue weighted by Gasteiger charge is 2.19. The highest BCUT2D eigenvalue weighted by Crippen LogP contribution is 2.25. The van der Waals surface area contributed by atoms with Gasteiger partial charge in [0, 0.05) is 32.2 Å². The predicted molar refractivity (Wildman–Crippen MR) is 98.7 cm³/mol. The first-order valence-electron chi connectivity index (χ1n) is 8.63. The van der Waals surface area contributed by atoms with Crippen molar-refractivity contribution in [3.05, 3.63) is 22.1 Å². The summed E-state index contributed by atoms with van der Waals surface area (Å²) in [5.74, 6) is -0.302. The molecule has 0 aliphatic carbocycles. The van der Waals surface area contributed by atoms with Crippen molar-refractivity contribution >= 4 is 27.3 Å². The van der Waals surface area contributed by atoms with Gasteiger partial charge < -0.3 is 15.1 Å². The molecule has 0 unspecified atom stereocenters. The van der Waals surface area contributed by atoms with Crippen LogP contribution in [0.5, 0.6) is 0 Å². The van der Waals surface area contributed by atoms with E-state index in [1.165, 1.54) is 34.8 Å². The van der Waals surface area contributed by atoms with Crippen molar-refractivity contribution in [3.63, 3.8) is 0 Å². The van der Waals surface area contributed by atoms with Crippen molar-refractivity contribution < 1.29 is 4.79 Å². The maximum absolute atomic E-state index is 12.5. The van der Waals surface area contributed by atoms with Crippen LogP contribution in [-0.4, -0.2) is 65.7 Å². The number of carbonyl (C=O) groups is 1. The lowest BCUT2D eigenvalue weighted by Crippen LogP contribution is -2.33. The first-order chi connectivity index (χ1) is 12.0. The summed E-state index contributed by atoms with van der Waals surface area (Å²) >= 11 is 1.37. The molecule has 1 amide bonds. The molecule has 1 fully saturated rings. The van der Waals surface area contributed by atoms with Crippen molar-refractivity contribution in [2.75, 3.05) is 45.2 Å². The standard InChI is InChI=1S/C16H24N6O2S/c1-20(2)10-7-17-14(24)12-11-13(23)18-15-22(12)19-16(25-15)21-8-5-3-4-6-9-21/h11H,3-10H2,1-2H3,(H,17,24). The molecule has 3 heterocycles. The summed E-state index contributed by atoms with van der Waals surface area (Å²) in [5.41, 5.74) is -0.171. The Morgan fingerprint density at radius 1 is 1.28 bits per heavy atom. The second-order valence-corrected chi connectivity index (χ2v) is 7.45. The fraction of sp³-hybridized carbons (Fsp3) is 0.625. The molecule has 1 saturated heterocycles. The Balaban J connectivity index is 1.87. The van der Waals surface area contributed by atoms with Gasteiger partial charge in [0.05, 0.1) is 0 Å². The number of carbonyl (C=O) groups excluding carboxylic acids is 1. The van der Waals surface area contributed by atoms with Gasteiger partial charge >= 0.3 is 0 Å². The number of nitrogens with zero attached hydrogens (tertiary/aromatic N) is 5. The number of aromatic nitrogens is 3. The van der Waals surface area contributed by atoms with Crippen molar-refractivity contribution in [2.45, 2.75) is 25.7 Å². The van der Waals surface area contributed by atoms with Gasteiger partial charge in [-0.1, -0.05) is 24.2 Å². The van der Waals surface area contributed by atoms with Gasteiger partial charge in [-0.15, -0.1) is 5.10 Å². The molecule has 0 atom stereocenters. The lowest BCUT2D eigenvalue weighted by molar-refractivity contribution is 0.0943. The van der Waals surface area contributed by atoms with E-state index < -0.39 is 5.56 Å². The predicted octanol–water partition coefficient (Wildman–Crippen LogP) is 0.823. The van der Waals surface area contributed by atoms with Gasteiger partial charge in [0.2, 0.25) is 10.1 Å². The van der Waals surface area contributed by atoms with Gasteiger partial charge in [0.15, 0.2) is 0 Å². The van der Waals surface area contributed by atoms with Crippen molar-refractivity contribution in [1.29, 1.82) is 0 Å². The summed E-state index contributed by atoms with van der Waals surface area (Å²) in [6, 6.07) is 1.25. The Hall–Kier alpha value is -2.00. The summed E-state index contributed by atoms with van der Waals surface area (Å²) in [5, 5.41) is 8.22. The van der Waals surface area contributed by atoms with Crippen LogP contribution in [0.2, 0.25) is 0 Å². The summed E-state index contributed by atoms with van der Waals surface area (Å²) < 4.78 is 1.50. The van der Waals surface area contributed by atoms with Crippen LogP contribution in [0.25, 0.3) is 4.96 Å². The number of hydrogen-bond donors (Lipinski definition) is 1. The highest BCUT2D eigenvalue weighted by molar-refractivity contribution is 7.20. The van der Waals surface area contributed by atoms with Crippen LogP contribution in [-0.2, 0) is 0 Å². The number of nitrogens with one attached hydrogen (secondary N) is 1. The second-order valence-electron chi connectivity index (χ2n) is 6.52. The van der Waals surface area contributed by atoms with Gasteiger partial charge in [-0.2, -0.15) is 9.50 Å². The molecule has 136 valence electrons. The molecule has 8 nitrogen and oxygen atoms in total. The first kappa shape index (κ1) is 17.8. The van der Waals surface area contributed by atoms with Gasteiger partial charge in [0.25, 0.3) is 11.5 Å². The molecule has 0 aromatic carbocycles. The zero-order chi connectivity index (χ0) is 17.8. The molecular weight excluding hydrogens is 340 g/mol. The molecule has 0 bridgehead atoms. The van der Waals surface area contributed by atoms with Crippen LogP contribution >= 0.6 is 11.3 Å². The maximum Gasteiger partial charge on any atom is 0.274 e. The van der Waals surface area contributed by atoms with Crippen molar-refractivity contribution in [1.82, 2.24) is 24.8 Å². The molecule has 2 aromatic rings. The van der Waals surface area contributed by atoms with E-state index in [4.69, 9.17) is 0 Å². The molecule has 0 saturated carbocycles. The van der Waals surface area contributed by atoms with E-state index in [0.29, 0.717) is 11.5 Å². The summed E-state index contributed by atoms with van der Waals surface area (Å²) in [6.07, 6.45) is 4.74. The third-order valence-electron chi connectivity index (χ3n) is 4.20. The largest absolute Gasteiger partial charge is 0.349 e. The van der Waals surface area contributed by atoms with E-state index in [1.807, 2.05) is 19.0 Å². The molecule has 0 spiro atoms. The quantitative estimate of drug-likeness (QED) is 0.846. The molecular formula is C16H24N6O2S. The lowest BCUT2D eigenvalue weighted by Gasteiger charge is -2.17. The lowest BCUT2D eigenvalue weighted by atomic mass is 10.2. The fourth-order valence-electron chi connectivity index (χ4n) is 2.84. The zero-order valence-corrected chi connectivity index (χ0v) is 15.5. The highest BCUT2D eigenvalue weighted by atomic mass is 32.1. The fourth-order valence-corrected chi connectivity index (χ4v) is 3.80. The Morgan fingerprint density at radius 2 is 2.00 bits per heavy atom. The molecule has 0 radical (unpaired) electrons. The topological polar surface area (TPSA) is 82.8 Å². The molecule has 1 aliphatic rings. The SMILES string of the molecule is CN(C)CCNC(=O)c1cc(=O)nc2sc(N3CCCCCC3)nn12. The minimum absolute atomic E-state index is 0.242. The van der Waals surface area contributed by atoms with E-state index in [9.17, 15) is 9.59 Å². The monoisotopic (exact) mass is 364 g/mol. The van der Waals surface area contributed by atoms with E-state index in [2.05, 4.69) is 20.3 Å². The third kappa shape index (κ3) is 4.35. The number of amides is 1. The van der Waals surface area contributed by atoms with E-state index in [1.54, 1.807) is 0 Å². The van der Waals surface area contributed by atoms with Gasteiger partial charge in [-0.3, -0.25) is 9.59 Å². The Kier molecular flexibility index (Phi) is 5.64. The van der Waals surface area contributed by atoms with Crippen LogP contribution in [0.4, 0.5) is 5.13 Å². The zero-order valence-electron chi connectivity index (χ0n) is 14.7. The minimum atomic E-state index is -0.413. The first-order valence-corrected chi connectivity index (χ1v) is 9.45. The van der Waals surface area contributed by atoms with E-state index in [-0.39, 0.29) is 11.6 Å². The van der Waals surface area contributed by atoms with Gasteiger partial charge in [-0.25, -0.2) is 0 Å². The van der Waals surface area contributed by atoms with Crippen LogP contribution in [0.15, 0.2) is 10.9 Å². The van der Waals surface area contributed by atoms with Crippen molar-refractivity contribution in [3.8, 4) is 0 Å². The summed E-state index contributed by atoms with van der Waals surface area (Å²) in [7, 11) is 3.88. The second kappa shape index (κ2) is 7.92.